The molecule has 0 bridgehead atoms. The second-order valence-electron chi connectivity index (χ2n) is 3.52. The first-order valence-electron chi connectivity index (χ1n) is 4.14. The Kier molecular flexibility index (Phi) is 2.69. The van der Waals surface area contributed by atoms with Gasteiger partial charge in [0.05, 0.1) is 0 Å². The minimum Gasteiger partial charge on any atom is -0.328 e. The number of nitrogens with two attached hydrogens (primary N) is 1. The lowest BCUT2D eigenvalue weighted by Crippen LogP contribution is -2.40. The highest BCUT2D eigenvalue weighted by atomic mass is 15.1. The van der Waals surface area contributed by atoms with E-state index in [2.05, 4.69) is 18.9 Å². The number of hydrogen-bond donors (Lipinski definition) is 1. The molecule has 1 heterocycles. The van der Waals surface area contributed by atoms with Crippen LogP contribution in [0.2, 0.25) is 0 Å². The Morgan fingerprint density at radius 1 is 1.60 bits per heavy atom. The van der Waals surface area contributed by atoms with Gasteiger partial charge in [0, 0.05) is 12.6 Å². The van der Waals surface area contributed by atoms with Crippen LogP contribution in [0.15, 0.2) is 0 Å². The lowest BCUT2D eigenvalue weighted by atomic mass is 9.93. The zero-order valence-corrected chi connectivity index (χ0v) is 7.01. The second-order valence-corrected chi connectivity index (χ2v) is 3.52. The predicted octanol–water partition coefficient (Wildman–Crippen LogP) is 0.675. The van der Waals surface area contributed by atoms with Crippen molar-refractivity contribution in [3.8, 4) is 0 Å². The minimum absolute atomic E-state index is 0.378. The van der Waals surface area contributed by atoms with Crippen molar-refractivity contribution in [2.24, 2.45) is 11.7 Å². The van der Waals surface area contributed by atoms with Gasteiger partial charge in [0.25, 0.3) is 0 Å². The van der Waals surface area contributed by atoms with Gasteiger partial charge in [-0.25, -0.2) is 0 Å². The highest BCUT2D eigenvalue weighted by Crippen LogP contribution is 2.16. The van der Waals surface area contributed by atoms with Crippen LogP contribution in [-0.4, -0.2) is 31.1 Å². The van der Waals surface area contributed by atoms with Crippen LogP contribution in [-0.2, 0) is 0 Å². The molecule has 2 N–H and O–H groups in total. The first kappa shape index (κ1) is 8.02. The molecule has 1 aliphatic heterocycles. The van der Waals surface area contributed by atoms with Gasteiger partial charge in [-0.2, -0.15) is 0 Å². The van der Waals surface area contributed by atoms with Gasteiger partial charge in [-0.05, 0) is 39.3 Å². The molecule has 2 nitrogen and oxygen atoms in total. The minimum atomic E-state index is 0.378. The Hall–Kier alpha value is -0.0800. The van der Waals surface area contributed by atoms with Crippen molar-refractivity contribution < 1.29 is 0 Å². The fourth-order valence-electron chi connectivity index (χ4n) is 1.64. The van der Waals surface area contributed by atoms with E-state index in [1.54, 1.807) is 0 Å². The van der Waals surface area contributed by atoms with Crippen molar-refractivity contribution in [3.05, 3.63) is 0 Å². The van der Waals surface area contributed by atoms with Crippen molar-refractivity contribution in [1.29, 1.82) is 0 Å². The third-order valence-electron chi connectivity index (χ3n) is 2.40. The summed E-state index contributed by atoms with van der Waals surface area (Å²) in [6, 6.07) is 0.378. The SMILES string of the molecule is CC(N)C1CCCN(C)C1. The highest BCUT2D eigenvalue weighted by molar-refractivity contribution is 4.76. The standard InChI is InChI=1S/C8H18N2/c1-7(9)8-4-3-5-10(2)6-8/h7-8H,3-6,9H2,1-2H3. The van der Waals surface area contributed by atoms with E-state index in [1.807, 2.05) is 0 Å². The number of hydrogen-bond acceptors (Lipinski definition) is 2. The zero-order valence-electron chi connectivity index (χ0n) is 7.01. The van der Waals surface area contributed by atoms with E-state index in [0.29, 0.717) is 6.04 Å². The van der Waals surface area contributed by atoms with E-state index < -0.39 is 0 Å². The Bertz CT molecular complexity index is 101. The van der Waals surface area contributed by atoms with Crippen LogP contribution in [0, 0.1) is 5.92 Å². The molecule has 1 rings (SSSR count). The largest absolute Gasteiger partial charge is 0.328 e. The van der Waals surface area contributed by atoms with E-state index in [4.69, 9.17) is 5.73 Å². The van der Waals surface area contributed by atoms with Crippen LogP contribution in [0.3, 0.4) is 0 Å². The Labute approximate surface area is 63.4 Å². The second kappa shape index (κ2) is 3.35. The van der Waals surface area contributed by atoms with Gasteiger partial charge in [-0.15, -0.1) is 0 Å². The summed E-state index contributed by atoms with van der Waals surface area (Å²) in [7, 11) is 2.18. The van der Waals surface area contributed by atoms with Gasteiger partial charge >= 0.3 is 0 Å². The summed E-state index contributed by atoms with van der Waals surface area (Å²) in [4.78, 5) is 2.37. The van der Waals surface area contributed by atoms with Crippen molar-refractivity contribution >= 4 is 0 Å². The average molecular weight is 142 g/mol. The molecule has 1 aliphatic rings. The molecule has 0 aromatic carbocycles. The molecule has 0 aliphatic carbocycles. The van der Waals surface area contributed by atoms with E-state index >= 15 is 0 Å². The van der Waals surface area contributed by atoms with E-state index in [9.17, 15) is 0 Å². The van der Waals surface area contributed by atoms with Crippen LogP contribution in [0.1, 0.15) is 19.8 Å². The van der Waals surface area contributed by atoms with Gasteiger partial charge in [0.1, 0.15) is 0 Å². The Morgan fingerprint density at radius 2 is 2.30 bits per heavy atom. The molecule has 0 spiro atoms. The topological polar surface area (TPSA) is 29.3 Å². The maximum absolute atomic E-state index is 5.80. The molecule has 0 radical (unpaired) electrons. The van der Waals surface area contributed by atoms with Gasteiger partial charge in [-0.3, -0.25) is 0 Å². The first-order valence-corrected chi connectivity index (χ1v) is 4.14. The number of piperidine rings is 1. The molecule has 2 atom stereocenters. The predicted molar refractivity (Wildman–Crippen MR) is 43.9 cm³/mol. The Morgan fingerprint density at radius 3 is 2.70 bits per heavy atom. The van der Waals surface area contributed by atoms with Gasteiger partial charge in [0.2, 0.25) is 0 Å². The molecular formula is C8H18N2. The van der Waals surface area contributed by atoms with Crippen LogP contribution < -0.4 is 5.73 Å². The lowest BCUT2D eigenvalue weighted by Gasteiger charge is -2.31. The summed E-state index contributed by atoms with van der Waals surface area (Å²) in [6.45, 7) is 4.56. The van der Waals surface area contributed by atoms with Crippen molar-refractivity contribution in [2.75, 3.05) is 20.1 Å². The molecule has 0 aromatic heterocycles. The zero-order chi connectivity index (χ0) is 7.56. The first-order chi connectivity index (χ1) is 4.70. The smallest absolute Gasteiger partial charge is 0.00509 e. The molecule has 60 valence electrons. The van der Waals surface area contributed by atoms with Crippen molar-refractivity contribution in [3.63, 3.8) is 0 Å². The van der Waals surface area contributed by atoms with Crippen LogP contribution in [0.4, 0.5) is 0 Å². The van der Waals surface area contributed by atoms with Crippen LogP contribution >= 0.6 is 0 Å². The third kappa shape index (κ3) is 1.96. The summed E-state index contributed by atoms with van der Waals surface area (Å²) < 4.78 is 0. The van der Waals surface area contributed by atoms with E-state index in [1.165, 1.54) is 25.9 Å². The maximum Gasteiger partial charge on any atom is 0.00509 e. The van der Waals surface area contributed by atoms with Crippen LogP contribution in [0.5, 0.6) is 0 Å². The van der Waals surface area contributed by atoms with Gasteiger partial charge in [-0.1, -0.05) is 0 Å². The third-order valence-corrected chi connectivity index (χ3v) is 2.40. The monoisotopic (exact) mass is 142 g/mol. The van der Waals surface area contributed by atoms with E-state index in [0.717, 1.165) is 5.92 Å². The molecular weight excluding hydrogens is 124 g/mol. The summed E-state index contributed by atoms with van der Waals surface area (Å²) >= 11 is 0. The van der Waals surface area contributed by atoms with Crippen molar-refractivity contribution in [2.45, 2.75) is 25.8 Å². The molecule has 0 amide bonds. The molecule has 1 fully saturated rings. The number of rotatable bonds is 1. The van der Waals surface area contributed by atoms with Gasteiger partial charge in [0.15, 0.2) is 0 Å². The maximum atomic E-state index is 5.80. The summed E-state index contributed by atoms with van der Waals surface area (Å²) in [6.07, 6.45) is 2.64. The van der Waals surface area contributed by atoms with Gasteiger partial charge < -0.3 is 10.6 Å². The van der Waals surface area contributed by atoms with Crippen molar-refractivity contribution in [1.82, 2.24) is 4.90 Å². The summed E-state index contributed by atoms with van der Waals surface area (Å²) in [5.74, 6) is 0.735. The molecule has 0 aromatic rings. The fourth-order valence-corrected chi connectivity index (χ4v) is 1.64. The average Bonchev–Trinajstić information content (AvgIpc) is 1.88. The summed E-state index contributed by atoms with van der Waals surface area (Å²) in [5.41, 5.74) is 5.80. The normalized spacial score (nSPS) is 32.1. The molecule has 0 saturated carbocycles. The Balaban J connectivity index is 2.32. The molecule has 2 heteroatoms. The number of likely N-dealkylation sites (tertiary alicyclic amines) is 1. The number of nitrogens with zero attached hydrogens (tertiary/aromatic N) is 1. The highest BCUT2D eigenvalue weighted by Gasteiger charge is 2.19. The fraction of sp³-hybridized carbons (Fsp3) is 1.00. The molecule has 10 heavy (non-hydrogen) atoms. The lowest BCUT2D eigenvalue weighted by molar-refractivity contribution is 0.192. The van der Waals surface area contributed by atoms with Crippen LogP contribution in [0.25, 0.3) is 0 Å². The summed E-state index contributed by atoms with van der Waals surface area (Å²) in [5, 5.41) is 0. The quantitative estimate of drug-likeness (QED) is 0.583. The molecule has 1 saturated heterocycles. The van der Waals surface area contributed by atoms with E-state index in [-0.39, 0.29) is 0 Å². The molecule has 2 unspecified atom stereocenters.